The van der Waals surface area contributed by atoms with E-state index in [0.29, 0.717) is 0 Å². The Balaban J connectivity index is 2.52. The Hall–Kier alpha value is -0.170. The van der Waals surface area contributed by atoms with Crippen LogP contribution in [-0.2, 0) is 9.97 Å². The summed E-state index contributed by atoms with van der Waals surface area (Å²) in [7, 11) is 0. The Bertz CT molecular complexity index is 280. The molecule has 11 heavy (non-hydrogen) atoms. The molecule has 2 rings (SSSR count). The van der Waals surface area contributed by atoms with E-state index in [1.165, 1.54) is 0 Å². The smallest absolute Gasteiger partial charge is 0.0795 e. The Morgan fingerprint density at radius 1 is 1.91 bits per heavy atom. The summed E-state index contributed by atoms with van der Waals surface area (Å²) < 4.78 is 1.87. The molecule has 0 radical (unpaired) electrons. The van der Waals surface area contributed by atoms with Crippen molar-refractivity contribution in [3.63, 3.8) is 0 Å². The molecule has 0 aromatic carbocycles. The third kappa shape index (κ3) is 0.903. The van der Waals surface area contributed by atoms with Crippen LogP contribution in [0.3, 0.4) is 0 Å². The lowest BCUT2D eigenvalue weighted by atomic mass is 10.0. The molecule has 0 saturated heterocycles. The summed E-state index contributed by atoms with van der Waals surface area (Å²) in [5.41, 5.74) is 7.04. The maximum atomic E-state index is 5.91. The first-order valence-corrected chi connectivity index (χ1v) is 4.53. The fraction of sp³-hybridized carbons (Fsp3) is 0.667. The van der Waals surface area contributed by atoms with Crippen molar-refractivity contribution >= 4 is 22.6 Å². The number of halogens is 1. The van der Waals surface area contributed by atoms with Crippen LogP contribution in [0.4, 0.5) is 0 Å². The zero-order chi connectivity index (χ0) is 8.06. The molecule has 0 amide bonds. The number of hydrogen-bond acceptors (Lipinski definition) is 3. The van der Waals surface area contributed by atoms with Crippen LogP contribution in [0.5, 0.6) is 0 Å². The van der Waals surface area contributed by atoms with E-state index >= 15 is 0 Å². The zero-order valence-corrected chi connectivity index (χ0v) is 8.32. The molecule has 0 saturated carbocycles. The number of nitrogens with two attached hydrogens (primary N) is 1. The van der Waals surface area contributed by atoms with E-state index in [4.69, 9.17) is 5.73 Å². The average molecular weight is 264 g/mol. The molecule has 1 unspecified atom stereocenters. The lowest BCUT2D eigenvalue weighted by Gasteiger charge is -2.19. The molecule has 1 aromatic heterocycles. The van der Waals surface area contributed by atoms with Gasteiger partial charge >= 0.3 is 0 Å². The molecule has 0 aliphatic carbocycles. The van der Waals surface area contributed by atoms with Crippen LogP contribution in [0.1, 0.15) is 12.6 Å². The van der Waals surface area contributed by atoms with Crippen molar-refractivity contribution in [2.45, 2.75) is 22.9 Å². The molecule has 2 atom stereocenters. The van der Waals surface area contributed by atoms with Crippen molar-refractivity contribution in [1.29, 1.82) is 0 Å². The van der Waals surface area contributed by atoms with Gasteiger partial charge in [0.15, 0.2) is 0 Å². The molecule has 5 heteroatoms. The molecule has 1 aliphatic heterocycles. The van der Waals surface area contributed by atoms with Crippen molar-refractivity contribution in [2.24, 2.45) is 5.73 Å². The van der Waals surface area contributed by atoms with Gasteiger partial charge in [-0.3, -0.25) is 0 Å². The van der Waals surface area contributed by atoms with Gasteiger partial charge in [0.05, 0.1) is 21.9 Å². The van der Waals surface area contributed by atoms with Gasteiger partial charge in [-0.25, -0.2) is 4.68 Å². The Morgan fingerprint density at radius 3 is 3.27 bits per heavy atom. The van der Waals surface area contributed by atoms with Gasteiger partial charge in [-0.15, -0.1) is 5.10 Å². The van der Waals surface area contributed by atoms with Crippen molar-refractivity contribution < 1.29 is 0 Å². The Labute approximate surface area is 78.3 Å². The normalized spacial score (nSPS) is 35.7. The molecule has 2 heterocycles. The van der Waals surface area contributed by atoms with Gasteiger partial charge in [-0.1, -0.05) is 27.8 Å². The Morgan fingerprint density at radius 2 is 2.64 bits per heavy atom. The zero-order valence-electron chi connectivity index (χ0n) is 6.16. The lowest BCUT2D eigenvalue weighted by molar-refractivity contribution is 0.530. The molecule has 0 bridgehead atoms. The van der Waals surface area contributed by atoms with Gasteiger partial charge in [0.2, 0.25) is 0 Å². The van der Waals surface area contributed by atoms with Crippen LogP contribution in [0, 0.1) is 0 Å². The molecule has 2 N–H and O–H groups in total. The second kappa shape index (κ2) is 2.16. The SMILES string of the molecule is CC1(I)c2cnnn2C[C@H]1N. The van der Waals surface area contributed by atoms with Crippen LogP contribution in [0.15, 0.2) is 6.20 Å². The summed E-state index contributed by atoms with van der Waals surface area (Å²) in [6.45, 7) is 2.90. The predicted octanol–water partition coefficient (Wildman–Crippen LogP) is 0.269. The number of nitrogens with zero attached hydrogens (tertiary/aromatic N) is 3. The summed E-state index contributed by atoms with van der Waals surface area (Å²) in [5.74, 6) is 0. The molecular formula is C6H9IN4. The predicted molar refractivity (Wildman–Crippen MR) is 49.4 cm³/mol. The van der Waals surface area contributed by atoms with E-state index in [9.17, 15) is 0 Å². The van der Waals surface area contributed by atoms with E-state index in [1.54, 1.807) is 6.20 Å². The maximum absolute atomic E-state index is 5.91. The largest absolute Gasteiger partial charge is 0.325 e. The molecule has 1 aliphatic rings. The molecule has 0 fully saturated rings. The van der Waals surface area contributed by atoms with Crippen molar-refractivity contribution in [3.8, 4) is 0 Å². The highest BCUT2D eigenvalue weighted by molar-refractivity contribution is 14.1. The van der Waals surface area contributed by atoms with E-state index in [2.05, 4.69) is 39.8 Å². The standard InChI is InChI=1S/C6H9IN4/c1-6(7)4(8)3-11-5(6)2-9-10-11/h2,4H,3,8H2,1H3/t4-,6?/m1/s1. The first-order chi connectivity index (χ1) is 5.12. The fourth-order valence-electron chi connectivity index (χ4n) is 1.32. The van der Waals surface area contributed by atoms with Crippen molar-refractivity contribution in [1.82, 2.24) is 15.0 Å². The van der Waals surface area contributed by atoms with Gasteiger partial charge in [-0.05, 0) is 6.92 Å². The van der Waals surface area contributed by atoms with Crippen LogP contribution >= 0.6 is 22.6 Å². The molecule has 60 valence electrons. The van der Waals surface area contributed by atoms with Gasteiger partial charge in [0.1, 0.15) is 0 Å². The fourth-order valence-corrected chi connectivity index (χ4v) is 1.93. The van der Waals surface area contributed by atoms with Crippen LogP contribution in [0.25, 0.3) is 0 Å². The van der Waals surface area contributed by atoms with Gasteiger partial charge in [0, 0.05) is 6.04 Å². The molecule has 1 aromatic rings. The highest BCUT2D eigenvalue weighted by Gasteiger charge is 2.40. The third-order valence-corrected chi connectivity index (χ3v) is 3.54. The van der Waals surface area contributed by atoms with E-state index < -0.39 is 0 Å². The first kappa shape index (κ1) is 7.48. The van der Waals surface area contributed by atoms with E-state index in [-0.39, 0.29) is 9.46 Å². The molecule has 0 spiro atoms. The van der Waals surface area contributed by atoms with Crippen LogP contribution in [0.2, 0.25) is 0 Å². The Kier molecular flexibility index (Phi) is 1.47. The minimum atomic E-state index is 0.00125. The second-order valence-corrected chi connectivity index (χ2v) is 5.22. The van der Waals surface area contributed by atoms with Gasteiger partial charge in [0.25, 0.3) is 0 Å². The van der Waals surface area contributed by atoms with Crippen LogP contribution < -0.4 is 5.73 Å². The van der Waals surface area contributed by atoms with Crippen molar-refractivity contribution in [2.75, 3.05) is 0 Å². The summed E-state index contributed by atoms with van der Waals surface area (Å²) in [6, 6.07) is 0.161. The quantitative estimate of drug-likeness (QED) is 0.540. The minimum Gasteiger partial charge on any atom is -0.325 e. The second-order valence-electron chi connectivity index (χ2n) is 2.98. The molecule has 4 nitrogen and oxygen atoms in total. The maximum Gasteiger partial charge on any atom is 0.0795 e. The summed E-state index contributed by atoms with van der Waals surface area (Å²) in [6.07, 6.45) is 1.79. The topological polar surface area (TPSA) is 56.7 Å². The van der Waals surface area contributed by atoms with Crippen molar-refractivity contribution in [3.05, 3.63) is 11.9 Å². The van der Waals surface area contributed by atoms with Crippen LogP contribution in [-0.4, -0.2) is 21.0 Å². The summed E-state index contributed by atoms with van der Waals surface area (Å²) >= 11 is 2.35. The minimum absolute atomic E-state index is 0.00125. The number of fused-ring (bicyclic) bond motifs is 1. The number of hydrogen-bond donors (Lipinski definition) is 1. The van der Waals surface area contributed by atoms with Gasteiger partial charge < -0.3 is 5.73 Å². The number of rotatable bonds is 0. The number of alkyl halides is 1. The highest BCUT2D eigenvalue weighted by Crippen LogP contribution is 2.38. The molecular weight excluding hydrogens is 255 g/mol. The average Bonchev–Trinajstić information content (AvgIpc) is 2.41. The third-order valence-electron chi connectivity index (χ3n) is 2.18. The summed E-state index contributed by atoms with van der Waals surface area (Å²) in [4.78, 5) is 0. The highest BCUT2D eigenvalue weighted by atomic mass is 127. The lowest BCUT2D eigenvalue weighted by Crippen LogP contribution is -2.34. The summed E-state index contributed by atoms with van der Waals surface area (Å²) in [5, 5.41) is 7.75. The monoisotopic (exact) mass is 264 g/mol. The first-order valence-electron chi connectivity index (χ1n) is 3.46. The van der Waals surface area contributed by atoms with E-state index in [1.807, 2.05) is 4.68 Å². The number of aromatic nitrogens is 3. The van der Waals surface area contributed by atoms with Gasteiger partial charge in [-0.2, -0.15) is 0 Å². The van der Waals surface area contributed by atoms with E-state index in [0.717, 1.165) is 12.2 Å².